The molecule has 19 heavy (non-hydrogen) atoms. The molecule has 1 fully saturated rings. The zero-order chi connectivity index (χ0) is 13.3. The zero-order valence-corrected chi connectivity index (χ0v) is 12.7. The average molecular weight is 326 g/mol. The van der Waals surface area contributed by atoms with Gasteiger partial charge < -0.3 is 15.2 Å². The minimum absolute atomic E-state index is 0.220. The maximum atomic E-state index is 6.63. The van der Waals surface area contributed by atoms with Crippen molar-refractivity contribution in [1.82, 2.24) is 0 Å². The van der Waals surface area contributed by atoms with E-state index >= 15 is 0 Å². The monoisotopic (exact) mass is 325 g/mol. The molecule has 0 radical (unpaired) electrons. The first-order valence-corrected chi connectivity index (χ1v) is 7.87. The van der Waals surface area contributed by atoms with Gasteiger partial charge in [0.1, 0.15) is 0 Å². The molecular formula is C15H20BrNO2. The molecular weight excluding hydrogens is 306 g/mol. The number of rotatable bonds is 1. The summed E-state index contributed by atoms with van der Waals surface area (Å²) in [7, 11) is 0. The molecule has 0 amide bonds. The van der Waals surface area contributed by atoms with E-state index in [-0.39, 0.29) is 5.54 Å². The molecule has 3 nitrogen and oxygen atoms in total. The lowest BCUT2D eigenvalue weighted by molar-refractivity contribution is 0.293. The standard InChI is InChI=1S/C15H20BrNO2/c16-12-10-14-13(18-7-4-8-19-14)9-11(12)15(17)5-2-1-3-6-15/h9-10H,1-8,17H2. The fourth-order valence-corrected chi connectivity index (χ4v) is 3.73. The van der Waals surface area contributed by atoms with Crippen LogP contribution in [0.3, 0.4) is 0 Å². The summed E-state index contributed by atoms with van der Waals surface area (Å²) in [6, 6.07) is 4.09. The highest BCUT2D eigenvalue weighted by atomic mass is 79.9. The van der Waals surface area contributed by atoms with Crippen LogP contribution in [0.1, 0.15) is 44.1 Å². The van der Waals surface area contributed by atoms with E-state index in [9.17, 15) is 0 Å². The van der Waals surface area contributed by atoms with Gasteiger partial charge in [-0.3, -0.25) is 0 Å². The van der Waals surface area contributed by atoms with Crippen molar-refractivity contribution in [2.45, 2.75) is 44.1 Å². The summed E-state index contributed by atoms with van der Waals surface area (Å²) in [6.45, 7) is 1.43. The Kier molecular flexibility index (Phi) is 3.72. The van der Waals surface area contributed by atoms with Crippen LogP contribution in [-0.4, -0.2) is 13.2 Å². The van der Waals surface area contributed by atoms with Gasteiger partial charge in [0.25, 0.3) is 0 Å². The molecule has 1 aliphatic heterocycles. The molecule has 0 atom stereocenters. The molecule has 4 heteroatoms. The van der Waals surface area contributed by atoms with E-state index in [1.165, 1.54) is 19.3 Å². The van der Waals surface area contributed by atoms with Crippen LogP contribution in [0.25, 0.3) is 0 Å². The molecule has 0 bridgehead atoms. The van der Waals surface area contributed by atoms with Gasteiger partial charge in [0.15, 0.2) is 11.5 Å². The number of nitrogens with two attached hydrogens (primary N) is 1. The van der Waals surface area contributed by atoms with Gasteiger partial charge in [0.2, 0.25) is 0 Å². The van der Waals surface area contributed by atoms with Gasteiger partial charge in [-0.05, 0) is 30.5 Å². The largest absolute Gasteiger partial charge is 0.490 e. The second kappa shape index (κ2) is 5.33. The van der Waals surface area contributed by atoms with E-state index in [2.05, 4.69) is 22.0 Å². The van der Waals surface area contributed by atoms with Crippen molar-refractivity contribution >= 4 is 15.9 Å². The molecule has 2 N–H and O–H groups in total. The van der Waals surface area contributed by atoms with Crippen LogP contribution in [-0.2, 0) is 5.54 Å². The minimum atomic E-state index is -0.220. The maximum Gasteiger partial charge on any atom is 0.162 e. The Bertz CT molecular complexity index is 469. The number of ether oxygens (including phenoxy) is 2. The number of halogens is 1. The van der Waals surface area contributed by atoms with Crippen LogP contribution in [0.15, 0.2) is 16.6 Å². The van der Waals surface area contributed by atoms with Crippen molar-refractivity contribution in [2.24, 2.45) is 5.73 Å². The predicted octanol–water partition coefficient (Wildman–Crippen LogP) is 3.73. The molecule has 0 unspecified atom stereocenters. The number of hydrogen-bond acceptors (Lipinski definition) is 3. The van der Waals surface area contributed by atoms with Gasteiger partial charge >= 0.3 is 0 Å². The molecule has 2 aliphatic rings. The van der Waals surface area contributed by atoms with Crippen LogP contribution in [0.4, 0.5) is 0 Å². The van der Waals surface area contributed by atoms with Crippen LogP contribution in [0, 0.1) is 0 Å². The fourth-order valence-electron chi connectivity index (χ4n) is 3.02. The third-order valence-electron chi connectivity index (χ3n) is 4.12. The quantitative estimate of drug-likeness (QED) is 0.855. The highest BCUT2D eigenvalue weighted by molar-refractivity contribution is 9.10. The fraction of sp³-hybridized carbons (Fsp3) is 0.600. The summed E-state index contributed by atoms with van der Waals surface area (Å²) in [6.07, 6.45) is 6.72. The third kappa shape index (κ3) is 2.61. The first kappa shape index (κ1) is 13.3. The van der Waals surface area contributed by atoms with Crippen molar-refractivity contribution in [3.8, 4) is 11.5 Å². The van der Waals surface area contributed by atoms with E-state index in [0.717, 1.165) is 40.8 Å². The Morgan fingerprint density at radius 1 is 0.947 bits per heavy atom. The van der Waals surface area contributed by atoms with E-state index < -0.39 is 0 Å². The minimum Gasteiger partial charge on any atom is -0.490 e. The summed E-state index contributed by atoms with van der Waals surface area (Å²) in [5.41, 5.74) is 7.57. The number of hydrogen-bond donors (Lipinski definition) is 1. The van der Waals surface area contributed by atoms with Crippen molar-refractivity contribution in [3.05, 3.63) is 22.2 Å². The van der Waals surface area contributed by atoms with Crippen LogP contribution < -0.4 is 15.2 Å². The second-order valence-corrected chi connectivity index (χ2v) is 6.40. The smallest absolute Gasteiger partial charge is 0.162 e. The van der Waals surface area contributed by atoms with Crippen molar-refractivity contribution in [2.75, 3.05) is 13.2 Å². The maximum absolute atomic E-state index is 6.63. The highest BCUT2D eigenvalue weighted by Gasteiger charge is 2.32. The summed E-state index contributed by atoms with van der Waals surface area (Å²) in [5.74, 6) is 1.67. The number of fused-ring (bicyclic) bond motifs is 1. The number of benzene rings is 1. The first-order valence-electron chi connectivity index (χ1n) is 7.08. The third-order valence-corrected chi connectivity index (χ3v) is 4.78. The molecule has 1 aromatic rings. The second-order valence-electron chi connectivity index (χ2n) is 5.55. The summed E-state index contributed by atoms with van der Waals surface area (Å²) >= 11 is 3.66. The van der Waals surface area contributed by atoms with Crippen LogP contribution in [0.5, 0.6) is 11.5 Å². The lowest BCUT2D eigenvalue weighted by Crippen LogP contribution is -2.38. The van der Waals surface area contributed by atoms with Gasteiger partial charge in [0.05, 0.1) is 13.2 Å². The molecule has 1 aliphatic carbocycles. The van der Waals surface area contributed by atoms with Gasteiger partial charge in [-0.2, -0.15) is 0 Å². The molecule has 1 heterocycles. The lowest BCUT2D eigenvalue weighted by atomic mass is 9.77. The highest BCUT2D eigenvalue weighted by Crippen LogP contribution is 2.43. The van der Waals surface area contributed by atoms with Crippen molar-refractivity contribution < 1.29 is 9.47 Å². The molecule has 0 aromatic heterocycles. The van der Waals surface area contributed by atoms with Crippen molar-refractivity contribution in [1.29, 1.82) is 0 Å². The molecule has 3 rings (SSSR count). The average Bonchev–Trinajstić information content (AvgIpc) is 2.63. The SMILES string of the molecule is NC1(c2cc3c(cc2Br)OCCCO3)CCCCC1. The van der Waals surface area contributed by atoms with Crippen LogP contribution >= 0.6 is 15.9 Å². The molecule has 1 aromatic carbocycles. The summed E-state index contributed by atoms with van der Waals surface area (Å²) < 4.78 is 12.5. The Labute approximate surface area is 122 Å². The van der Waals surface area contributed by atoms with E-state index in [0.29, 0.717) is 13.2 Å². The Hall–Kier alpha value is -0.740. The molecule has 0 spiro atoms. The Morgan fingerprint density at radius 3 is 2.26 bits per heavy atom. The molecule has 1 saturated carbocycles. The van der Waals surface area contributed by atoms with Gasteiger partial charge in [-0.15, -0.1) is 0 Å². The first-order chi connectivity index (χ1) is 9.19. The molecule has 0 saturated heterocycles. The molecule has 104 valence electrons. The van der Waals surface area contributed by atoms with Crippen molar-refractivity contribution in [3.63, 3.8) is 0 Å². The van der Waals surface area contributed by atoms with E-state index in [1.54, 1.807) is 0 Å². The van der Waals surface area contributed by atoms with Gasteiger partial charge in [-0.1, -0.05) is 35.2 Å². The predicted molar refractivity (Wildman–Crippen MR) is 78.7 cm³/mol. The van der Waals surface area contributed by atoms with E-state index in [4.69, 9.17) is 15.2 Å². The van der Waals surface area contributed by atoms with E-state index in [1.807, 2.05) is 6.07 Å². The lowest BCUT2D eigenvalue weighted by Gasteiger charge is -2.35. The Balaban J connectivity index is 1.99. The topological polar surface area (TPSA) is 44.5 Å². The Morgan fingerprint density at radius 2 is 1.58 bits per heavy atom. The van der Waals surface area contributed by atoms with Gasteiger partial charge in [0, 0.05) is 16.4 Å². The summed E-state index contributed by atoms with van der Waals surface area (Å²) in [5, 5.41) is 0. The van der Waals surface area contributed by atoms with Crippen LogP contribution in [0.2, 0.25) is 0 Å². The normalized spacial score (nSPS) is 21.8. The summed E-state index contributed by atoms with van der Waals surface area (Å²) in [4.78, 5) is 0. The van der Waals surface area contributed by atoms with Gasteiger partial charge in [-0.25, -0.2) is 0 Å². The zero-order valence-electron chi connectivity index (χ0n) is 11.1.